The van der Waals surface area contributed by atoms with Crippen LogP contribution in [0.3, 0.4) is 0 Å². The van der Waals surface area contributed by atoms with Gasteiger partial charge in [0.25, 0.3) is 0 Å². The number of rotatable bonds is 3. The van der Waals surface area contributed by atoms with Gasteiger partial charge in [-0.1, -0.05) is 55.3 Å². The number of carbonyl (C=O) groups excluding carboxylic acids is 1. The summed E-state index contributed by atoms with van der Waals surface area (Å²) in [7, 11) is 1.54. The predicted octanol–water partition coefficient (Wildman–Crippen LogP) is 5.55. The van der Waals surface area contributed by atoms with Crippen LogP contribution >= 0.6 is 23.2 Å². The van der Waals surface area contributed by atoms with Crippen LogP contribution in [0.2, 0.25) is 10.0 Å². The maximum Gasteiger partial charge on any atom is 0.167 e. The van der Waals surface area contributed by atoms with Crippen molar-refractivity contribution in [1.29, 1.82) is 0 Å². The highest BCUT2D eigenvalue weighted by molar-refractivity contribution is 6.36. The quantitative estimate of drug-likeness (QED) is 0.684. The van der Waals surface area contributed by atoms with E-state index in [0.717, 1.165) is 25.7 Å². The number of ketones is 1. The molecule has 1 fully saturated rings. The summed E-state index contributed by atoms with van der Waals surface area (Å²) in [5.74, 6) is 0.713. The molecule has 0 atom stereocenters. The Kier molecular flexibility index (Phi) is 5.74. The van der Waals surface area contributed by atoms with Crippen molar-refractivity contribution >= 4 is 29.0 Å². The summed E-state index contributed by atoms with van der Waals surface area (Å²) in [4.78, 5) is 12.7. The Labute approximate surface area is 130 Å². The predicted molar refractivity (Wildman–Crippen MR) is 83.2 cm³/mol. The first kappa shape index (κ1) is 15.7. The summed E-state index contributed by atoms with van der Waals surface area (Å²) in [6, 6.07) is 3.27. The van der Waals surface area contributed by atoms with Gasteiger partial charge in [0.2, 0.25) is 0 Å². The minimum atomic E-state index is 0.0808. The van der Waals surface area contributed by atoms with Crippen molar-refractivity contribution in [3.8, 4) is 5.75 Å². The minimum Gasteiger partial charge on any atom is -0.495 e. The van der Waals surface area contributed by atoms with Crippen LogP contribution in [0.1, 0.15) is 55.3 Å². The van der Waals surface area contributed by atoms with Gasteiger partial charge in [-0.25, -0.2) is 0 Å². The van der Waals surface area contributed by atoms with Gasteiger partial charge in [0.05, 0.1) is 17.2 Å². The third-order valence-corrected chi connectivity index (χ3v) is 4.59. The second kappa shape index (κ2) is 7.33. The Morgan fingerprint density at radius 1 is 1.05 bits per heavy atom. The van der Waals surface area contributed by atoms with Crippen LogP contribution in [0, 0.1) is 5.92 Å². The van der Waals surface area contributed by atoms with Gasteiger partial charge in [-0.2, -0.15) is 0 Å². The zero-order valence-corrected chi connectivity index (χ0v) is 13.3. The smallest absolute Gasteiger partial charge is 0.167 e. The van der Waals surface area contributed by atoms with E-state index in [4.69, 9.17) is 27.9 Å². The van der Waals surface area contributed by atoms with Gasteiger partial charge in [-0.05, 0) is 18.9 Å². The van der Waals surface area contributed by atoms with Gasteiger partial charge < -0.3 is 4.74 Å². The van der Waals surface area contributed by atoms with Crippen molar-refractivity contribution < 1.29 is 9.53 Å². The average molecular weight is 315 g/mol. The summed E-state index contributed by atoms with van der Waals surface area (Å²) in [6.07, 6.45) is 7.89. The molecule has 110 valence electrons. The van der Waals surface area contributed by atoms with E-state index in [9.17, 15) is 4.79 Å². The number of benzene rings is 1. The molecule has 0 bridgehead atoms. The molecule has 0 unspecified atom stereocenters. The first-order valence-electron chi connectivity index (χ1n) is 7.20. The van der Waals surface area contributed by atoms with Crippen molar-refractivity contribution in [1.82, 2.24) is 0 Å². The Bertz CT molecular complexity index is 478. The van der Waals surface area contributed by atoms with Gasteiger partial charge in [0.1, 0.15) is 5.75 Å². The monoisotopic (exact) mass is 314 g/mol. The number of Topliss-reactive ketones (excluding diaryl/α,β-unsaturated/α-hetero) is 1. The van der Waals surface area contributed by atoms with E-state index in [1.54, 1.807) is 12.1 Å². The zero-order valence-electron chi connectivity index (χ0n) is 11.8. The number of hydrogen-bond donors (Lipinski definition) is 0. The van der Waals surface area contributed by atoms with Crippen molar-refractivity contribution in [2.75, 3.05) is 7.11 Å². The highest BCUT2D eigenvalue weighted by atomic mass is 35.5. The highest BCUT2D eigenvalue weighted by Gasteiger charge is 2.23. The largest absolute Gasteiger partial charge is 0.495 e. The van der Waals surface area contributed by atoms with Crippen molar-refractivity contribution in [2.24, 2.45) is 5.92 Å². The lowest BCUT2D eigenvalue weighted by Crippen LogP contribution is -2.16. The van der Waals surface area contributed by atoms with Gasteiger partial charge in [0, 0.05) is 17.5 Å². The molecule has 0 aliphatic heterocycles. The van der Waals surface area contributed by atoms with Gasteiger partial charge in [0.15, 0.2) is 5.78 Å². The molecule has 1 saturated carbocycles. The Morgan fingerprint density at radius 2 is 1.65 bits per heavy atom. The molecular weight excluding hydrogens is 295 g/mol. The standard InChI is InChI=1S/C16H20Cl2O2/c1-20-15-10-13(17)12(9-14(15)18)16(19)11-7-5-3-2-4-6-8-11/h9-11H,2-8H2,1H3. The molecule has 1 aliphatic carbocycles. The maximum atomic E-state index is 12.7. The average Bonchev–Trinajstić information content (AvgIpc) is 2.40. The van der Waals surface area contributed by atoms with E-state index >= 15 is 0 Å². The number of ether oxygens (including phenoxy) is 1. The highest BCUT2D eigenvalue weighted by Crippen LogP contribution is 2.34. The van der Waals surface area contributed by atoms with Crippen molar-refractivity contribution in [3.63, 3.8) is 0 Å². The number of carbonyl (C=O) groups is 1. The molecule has 2 nitrogen and oxygen atoms in total. The molecule has 1 aromatic carbocycles. The second-order valence-corrected chi connectivity index (χ2v) is 6.19. The van der Waals surface area contributed by atoms with E-state index in [1.807, 2.05) is 0 Å². The fraction of sp³-hybridized carbons (Fsp3) is 0.562. The normalized spacial score (nSPS) is 17.4. The topological polar surface area (TPSA) is 26.3 Å². The Hall–Kier alpha value is -0.730. The third kappa shape index (κ3) is 3.67. The number of methoxy groups -OCH3 is 1. The van der Waals surface area contributed by atoms with Gasteiger partial charge in [-0.15, -0.1) is 0 Å². The summed E-state index contributed by atoms with van der Waals surface area (Å²) in [6.45, 7) is 0. The summed E-state index contributed by atoms with van der Waals surface area (Å²) < 4.78 is 5.11. The lowest BCUT2D eigenvalue weighted by molar-refractivity contribution is 0.0898. The Balaban J connectivity index is 2.21. The van der Waals surface area contributed by atoms with Crippen LogP contribution < -0.4 is 4.74 Å². The van der Waals surface area contributed by atoms with E-state index in [2.05, 4.69) is 0 Å². The zero-order chi connectivity index (χ0) is 14.5. The lowest BCUT2D eigenvalue weighted by atomic mass is 9.85. The van der Waals surface area contributed by atoms with Gasteiger partial charge >= 0.3 is 0 Å². The fourth-order valence-corrected chi connectivity index (χ4v) is 3.30. The van der Waals surface area contributed by atoms with Gasteiger partial charge in [-0.3, -0.25) is 4.79 Å². The second-order valence-electron chi connectivity index (χ2n) is 5.37. The molecule has 0 amide bonds. The van der Waals surface area contributed by atoms with Crippen LogP contribution in [-0.4, -0.2) is 12.9 Å². The van der Waals surface area contributed by atoms with Crippen LogP contribution in [0.4, 0.5) is 0 Å². The van der Waals surface area contributed by atoms with Crippen molar-refractivity contribution in [3.05, 3.63) is 27.7 Å². The molecule has 0 spiro atoms. The first-order valence-corrected chi connectivity index (χ1v) is 7.96. The molecule has 0 aromatic heterocycles. The van der Waals surface area contributed by atoms with Crippen LogP contribution in [0.15, 0.2) is 12.1 Å². The van der Waals surface area contributed by atoms with E-state index in [1.165, 1.54) is 26.4 Å². The van der Waals surface area contributed by atoms with Crippen LogP contribution in [0.25, 0.3) is 0 Å². The molecule has 4 heteroatoms. The molecule has 1 aliphatic rings. The Morgan fingerprint density at radius 3 is 2.25 bits per heavy atom. The minimum absolute atomic E-state index is 0.0808. The molecule has 20 heavy (non-hydrogen) atoms. The molecule has 0 heterocycles. The molecule has 0 saturated heterocycles. The van der Waals surface area contributed by atoms with E-state index < -0.39 is 0 Å². The molecule has 0 radical (unpaired) electrons. The van der Waals surface area contributed by atoms with Crippen molar-refractivity contribution in [2.45, 2.75) is 44.9 Å². The van der Waals surface area contributed by atoms with Crippen LogP contribution in [-0.2, 0) is 0 Å². The molecule has 1 aromatic rings. The van der Waals surface area contributed by atoms with Crippen LogP contribution in [0.5, 0.6) is 5.75 Å². The van der Waals surface area contributed by atoms with E-state index in [0.29, 0.717) is 21.4 Å². The number of halogens is 2. The molecule has 0 N–H and O–H groups in total. The molecular formula is C16H20Cl2O2. The summed E-state index contributed by atoms with van der Waals surface area (Å²) >= 11 is 12.3. The van der Waals surface area contributed by atoms with E-state index in [-0.39, 0.29) is 11.7 Å². The first-order chi connectivity index (χ1) is 9.63. The lowest BCUT2D eigenvalue weighted by Gasteiger charge is -2.19. The fourth-order valence-electron chi connectivity index (χ4n) is 2.81. The SMILES string of the molecule is COc1cc(Cl)c(C(=O)C2CCCCCCC2)cc1Cl. The summed E-state index contributed by atoms with van der Waals surface area (Å²) in [5.41, 5.74) is 0.531. The molecule has 2 rings (SSSR count). The third-order valence-electron chi connectivity index (χ3n) is 3.98. The summed E-state index contributed by atoms with van der Waals surface area (Å²) in [5, 5.41) is 0.865. The number of hydrogen-bond acceptors (Lipinski definition) is 2. The maximum absolute atomic E-state index is 12.7.